The predicted molar refractivity (Wildman–Crippen MR) is 60.4 cm³/mol. The van der Waals surface area contributed by atoms with Gasteiger partial charge in [0.25, 0.3) is 0 Å². The van der Waals surface area contributed by atoms with Crippen LogP contribution in [0.3, 0.4) is 0 Å². The van der Waals surface area contributed by atoms with Crippen LogP contribution in [-0.4, -0.2) is 29.3 Å². The maximum absolute atomic E-state index is 11.8. The zero-order valence-corrected chi connectivity index (χ0v) is 10.0. The highest BCUT2D eigenvalue weighted by Gasteiger charge is 2.50. The fourth-order valence-corrected chi connectivity index (χ4v) is 2.77. The van der Waals surface area contributed by atoms with E-state index >= 15 is 0 Å². The third-order valence-electron chi connectivity index (χ3n) is 4.13. The summed E-state index contributed by atoms with van der Waals surface area (Å²) in [7, 11) is 0. The van der Waals surface area contributed by atoms with Gasteiger partial charge in [-0.15, -0.1) is 0 Å². The summed E-state index contributed by atoms with van der Waals surface area (Å²) in [4.78, 5) is 24.5. The summed E-state index contributed by atoms with van der Waals surface area (Å²) >= 11 is 0. The largest absolute Gasteiger partial charge is 0.361 e. The Morgan fingerprint density at radius 2 is 1.94 bits per heavy atom. The number of nitrogens with zero attached hydrogens (tertiary/aromatic N) is 1. The highest BCUT2D eigenvalue weighted by molar-refractivity contribution is 6.34. The van der Waals surface area contributed by atoms with Gasteiger partial charge in [0, 0.05) is 12.6 Å². The van der Waals surface area contributed by atoms with E-state index in [-0.39, 0.29) is 11.5 Å². The molecular formula is C12H20N2O2. The van der Waals surface area contributed by atoms with Crippen LogP contribution in [0, 0.1) is 11.3 Å². The normalized spacial score (nSPS) is 32.2. The van der Waals surface area contributed by atoms with Crippen molar-refractivity contribution in [1.29, 1.82) is 0 Å². The van der Waals surface area contributed by atoms with Gasteiger partial charge in [-0.05, 0) is 37.0 Å². The Hall–Kier alpha value is -1.06. The van der Waals surface area contributed by atoms with Crippen LogP contribution in [0.4, 0.5) is 0 Å². The van der Waals surface area contributed by atoms with E-state index in [1.807, 2.05) is 0 Å². The van der Waals surface area contributed by atoms with Crippen LogP contribution < -0.4 is 5.73 Å². The van der Waals surface area contributed by atoms with Gasteiger partial charge in [-0.25, -0.2) is 0 Å². The molecule has 0 radical (unpaired) electrons. The average Bonchev–Trinajstić information content (AvgIpc) is 2.96. The first-order chi connectivity index (χ1) is 7.44. The van der Waals surface area contributed by atoms with E-state index in [9.17, 15) is 9.59 Å². The summed E-state index contributed by atoms with van der Waals surface area (Å²) in [5.41, 5.74) is 5.35. The number of carbonyl (C=O) groups is 2. The minimum Gasteiger partial charge on any atom is -0.361 e. The van der Waals surface area contributed by atoms with Crippen molar-refractivity contribution >= 4 is 11.8 Å². The lowest BCUT2D eigenvalue weighted by Crippen LogP contribution is -2.53. The number of hydrogen-bond donors (Lipinski definition) is 1. The molecule has 2 rings (SSSR count). The molecule has 16 heavy (non-hydrogen) atoms. The molecule has 1 aliphatic heterocycles. The number of likely N-dealkylation sites (tertiary alicyclic amines) is 1. The number of amides is 2. The summed E-state index contributed by atoms with van der Waals surface area (Å²) in [5, 5.41) is 0. The Balaban J connectivity index is 2.15. The quantitative estimate of drug-likeness (QED) is 0.672. The van der Waals surface area contributed by atoms with Crippen molar-refractivity contribution in [2.75, 3.05) is 6.54 Å². The third-order valence-corrected chi connectivity index (χ3v) is 4.13. The molecule has 2 fully saturated rings. The molecule has 2 amide bonds. The molecule has 0 aromatic carbocycles. The molecule has 0 bridgehead atoms. The molecule has 90 valence electrons. The number of piperidine rings is 1. The molecule has 0 unspecified atom stereocenters. The molecule has 1 aliphatic carbocycles. The van der Waals surface area contributed by atoms with Crippen LogP contribution >= 0.6 is 0 Å². The summed E-state index contributed by atoms with van der Waals surface area (Å²) < 4.78 is 0. The van der Waals surface area contributed by atoms with Crippen LogP contribution in [0.5, 0.6) is 0 Å². The predicted octanol–water partition coefficient (Wildman–Crippen LogP) is 0.899. The molecule has 2 atom stereocenters. The van der Waals surface area contributed by atoms with Crippen molar-refractivity contribution in [3.8, 4) is 0 Å². The maximum Gasteiger partial charge on any atom is 0.311 e. The lowest BCUT2D eigenvalue weighted by molar-refractivity contribution is -0.148. The Morgan fingerprint density at radius 3 is 2.44 bits per heavy atom. The van der Waals surface area contributed by atoms with Crippen molar-refractivity contribution in [3.05, 3.63) is 0 Å². The highest BCUT2D eigenvalue weighted by atomic mass is 16.2. The lowest BCUT2D eigenvalue weighted by atomic mass is 9.85. The van der Waals surface area contributed by atoms with Crippen LogP contribution in [0.25, 0.3) is 0 Å². The first-order valence-corrected chi connectivity index (χ1v) is 6.04. The maximum atomic E-state index is 11.8. The second kappa shape index (κ2) is 3.75. The molecule has 1 saturated heterocycles. The first-order valence-electron chi connectivity index (χ1n) is 6.04. The van der Waals surface area contributed by atoms with Gasteiger partial charge in [-0.1, -0.05) is 13.8 Å². The van der Waals surface area contributed by atoms with Gasteiger partial charge >= 0.3 is 11.8 Å². The second-order valence-electron chi connectivity index (χ2n) is 5.67. The van der Waals surface area contributed by atoms with E-state index in [4.69, 9.17) is 5.73 Å². The summed E-state index contributed by atoms with van der Waals surface area (Å²) in [5.74, 6) is -0.838. The van der Waals surface area contributed by atoms with Crippen molar-refractivity contribution < 1.29 is 9.59 Å². The molecule has 0 aromatic rings. The van der Waals surface area contributed by atoms with E-state index in [1.165, 1.54) is 0 Å². The minimum absolute atomic E-state index is 0.226. The van der Waals surface area contributed by atoms with E-state index in [0.29, 0.717) is 12.5 Å². The highest BCUT2D eigenvalue weighted by Crippen LogP contribution is 2.52. The topological polar surface area (TPSA) is 63.4 Å². The van der Waals surface area contributed by atoms with Crippen molar-refractivity contribution in [1.82, 2.24) is 4.90 Å². The van der Waals surface area contributed by atoms with E-state index in [2.05, 4.69) is 13.8 Å². The summed E-state index contributed by atoms with van der Waals surface area (Å²) in [6.07, 6.45) is 4.47. The van der Waals surface area contributed by atoms with Gasteiger partial charge in [-0.3, -0.25) is 9.59 Å². The van der Waals surface area contributed by atoms with E-state index in [1.54, 1.807) is 4.90 Å². The molecule has 0 aromatic heterocycles. The Labute approximate surface area is 96.2 Å². The molecule has 0 spiro atoms. The van der Waals surface area contributed by atoms with E-state index in [0.717, 1.165) is 25.7 Å². The average molecular weight is 224 g/mol. The lowest BCUT2D eigenvalue weighted by Gasteiger charge is -2.41. The fraction of sp³-hybridized carbons (Fsp3) is 0.833. The smallest absolute Gasteiger partial charge is 0.311 e. The molecule has 1 heterocycles. The van der Waals surface area contributed by atoms with Crippen molar-refractivity contribution in [3.63, 3.8) is 0 Å². The first kappa shape index (κ1) is 11.4. The Bertz CT molecular complexity index is 323. The molecule has 2 aliphatic rings. The van der Waals surface area contributed by atoms with Gasteiger partial charge < -0.3 is 10.6 Å². The van der Waals surface area contributed by atoms with Crippen LogP contribution in [0.15, 0.2) is 0 Å². The number of primary amides is 1. The number of carbonyl (C=O) groups excluding carboxylic acids is 2. The summed E-state index contributed by atoms with van der Waals surface area (Å²) in [6, 6.07) is 0.226. The second-order valence-corrected chi connectivity index (χ2v) is 5.67. The fourth-order valence-electron chi connectivity index (χ4n) is 2.77. The van der Waals surface area contributed by atoms with Gasteiger partial charge in [0.2, 0.25) is 0 Å². The number of hydrogen-bond acceptors (Lipinski definition) is 2. The summed E-state index contributed by atoms with van der Waals surface area (Å²) in [6.45, 7) is 5.00. The molecule has 4 nitrogen and oxygen atoms in total. The third kappa shape index (κ3) is 1.93. The van der Waals surface area contributed by atoms with Gasteiger partial charge in [0.1, 0.15) is 0 Å². The zero-order valence-electron chi connectivity index (χ0n) is 10.0. The number of rotatable bonds is 1. The van der Waals surface area contributed by atoms with Gasteiger partial charge in [-0.2, -0.15) is 0 Å². The van der Waals surface area contributed by atoms with E-state index < -0.39 is 11.8 Å². The SMILES string of the molecule is C[C@H]1CC[C@H](C2(C)CC2)N(C(=O)C(N)=O)C1. The molecular weight excluding hydrogens is 204 g/mol. The van der Waals surface area contributed by atoms with Crippen LogP contribution in [0.2, 0.25) is 0 Å². The molecule has 4 heteroatoms. The van der Waals surface area contributed by atoms with Crippen molar-refractivity contribution in [2.45, 2.75) is 45.6 Å². The minimum atomic E-state index is -0.816. The Kier molecular flexibility index (Phi) is 2.68. The van der Waals surface area contributed by atoms with Gasteiger partial charge in [0.05, 0.1) is 0 Å². The monoisotopic (exact) mass is 224 g/mol. The number of nitrogens with two attached hydrogens (primary N) is 1. The van der Waals surface area contributed by atoms with Crippen LogP contribution in [0.1, 0.15) is 39.5 Å². The Morgan fingerprint density at radius 1 is 1.31 bits per heavy atom. The van der Waals surface area contributed by atoms with Crippen LogP contribution in [-0.2, 0) is 9.59 Å². The van der Waals surface area contributed by atoms with Crippen molar-refractivity contribution in [2.24, 2.45) is 17.1 Å². The van der Waals surface area contributed by atoms with Gasteiger partial charge in [0.15, 0.2) is 0 Å². The standard InChI is InChI=1S/C12H20N2O2/c1-8-3-4-9(12(2)5-6-12)14(7-8)11(16)10(13)15/h8-9H,3-7H2,1-2H3,(H2,13,15)/t8-,9+/m0/s1. The zero-order chi connectivity index (χ0) is 11.9. The molecule has 2 N–H and O–H groups in total. The molecule has 1 saturated carbocycles.